The van der Waals surface area contributed by atoms with E-state index in [9.17, 15) is 9.59 Å². The molecule has 90 valence electrons. The van der Waals surface area contributed by atoms with Crippen molar-refractivity contribution in [2.45, 2.75) is 0 Å². The van der Waals surface area contributed by atoms with Crippen LogP contribution in [0.3, 0.4) is 0 Å². The Morgan fingerprint density at radius 1 is 1.22 bits per heavy atom. The topological polar surface area (TPSA) is 68.5 Å². The average Bonchev–Trinajstić information content (AvgIpc) is 2.90. The van der Waals surface area contributed by atoms with Gasteiger partial charge in [-0.25, -0.2) is 0 Å². The van der Waals surface area contributed by atoms with Crippen LogP contribution in [-0.2, 0) is 4.79 Å². The molecule has 1 aromatic carbocycles. The van der Waals surface area contributed by atoms with Crippen LogP contribution in [0.15, 0.2) is 41.2 Å². The van der Waals surface area contributed by atoms with Crippen LogP contribution in [0.1, 0.15) is 15.9 Å². The summed E-state index contributed by atoms with van der Waals surface area (Å²) >= 11 is 0. The normalized spacial score (nSPS) is 13.4. The van der Waals surface area contributed by atoms with Crippen molar-refractivity contribution in [2.75, 3.05) is 11.9 Å². The maximum Gasteiger partial charge on any atom is 0.262 e. The lowest BCUT2D eigenvalue weighted by molar-refractivity contribution is -0.118. The van der Waals surface area contributed by atoms with Crippen molar-refractivity contribution in [3.63, 3.8) is 0 Å². The third-order valence-electron chi connectivity index (χ3n) is 2.66. The molecule has 0 saturated heterocycles. The Morgan fingerprint density at radius 2 is 2.11 bits per heavy atom. The number of hydrogen-bond acceptors (Lipinski definition) is 4. The predicted molar refractivity (Wildman–Crippen MR) is 62.7 cm³/mol. The quantitative estimate of drug-likeness (QED) is 0.817. The third-order valence-corrected chi connectivity index (χ3v) is 2.66. The summed E-state index contributed by atoms with van der Waals surface area (Å²) in [5.74, 6) is 0.181. The van der Waals surface area contributed by atoms with E-state index in [1.807, 2.05) is 0 Å². The van der Waals surface area contributed by atoms with Crippen LogP contribution >= 0.6 is 0 Å². The van der Waals surface area contributed by atoms with E-state index in [1.54, 1.807) is 24.3 Å². The second-order valence-corrected chi connectivity index (χ2v) is 3.89. The molecule has 1 N–H and O–H groups in total. The van der Waals surface area contributed by atoms with Crippen molar-refractivity contribution < 1.29 is 18.7 Å². The van der Waals surface area contributed by atoms with Crippen LogP contribution in [0.25, 0.3) is 0 Å². The van der Waals surface area contributed by atoms with Crippen LogP contribution in [0.4, 0.5) is 5.69 Å². The third kappa shape index (κ3) is 1.75. The number of carbonyl (C=O) groups is 2. The molecule has 0 saturated carbocycles. The summed E-state index contributed by atoms with van der Waals surface area (Å²) in [6.07, 6.45) is 2.83. The van der Waals surface area contributed by atoms with Gasteiger partial charge in [-0.2, -0.15) is 0 Å². The van der Waals surface area contributed by atoms with Crippen molar-refractivity contribution in [3.8, 4) is 5.75 Å². The number of fused-ring (bicyclic) bond motifs is 1. The van der Waals surface area contributed by atoms with E-state index < -0.39 is 0 Å². The van der Waals surface area contributed by atoms with E-state index in [4.69, 9.17) is 9.15 Å². The standard InChI is InChI=1S/C13H9NO4/c15-12-7-18-11-2-1-8(5-10(11)14-12)13(16)9-3-4-17-6-9/h1-6H,7H2,(H,14,15). The second kappa shape index (κ2) is 4.03. The first-order chi connectivity index (χ1) is 8.74. The molecule has 1 aliphatic rings. The molecule has 0 fully saturated rings. The predicted octanol–water partition coefficient (Wildman–Crippen LogP) is 1.84. The molecule has 0 bridgehead atoms. The fourth-order valence-corrected chi connectivity index (χ4v) is 1.78. The average molecular weight is 243 g/mol. The van der Waals surface area contributed by atoms with E-state index in [-0.39, 0.29) is 18.3 Å². The molecule has 0 aliphatic carbocycles. The van der Waals surface area contributed by atoms with Gasteiger partial charge in [-0.3, -0.25) is 9.59 Å². The van der Waals surface area contributed by atoms with Gasteiger partial charge in [-0.15, -0.1) is 0 Å². The molecule has 2 heterocycles. The number of nitrogens with one attached hydrogen (secondary N) is 1. The number of anilines is 1. The summed E-state index contributed by atoms with van der Waals surface area (Å²) in [6, 6.07) is 6.52. The number of ether oxygens (including phenoxy) is 1. The van der Waals surface area contributed by atoms with Gasteiger partial charge in [0.1, 0.15) is 12.0 Å². The van der Waals surface area contributed by atoms with Gasteiger partial charge in [-0.05, 0) is 24.3 Å². The number of furan rings is 1. The van der Waals surface area contributed by atoms with Gasteiger partial charge in [-0.1, -0.05) is 0 Å². The first-order valence-corrected chi connectivity index (χ1v) is 5.37. The fourth-order valence-electron chi connectivity index (χ4n) is 1.78. The van der Waals surface area contributed by atoms with Gasteiger partial charge in [0.15, 0.2) is 12.4 Å². The Kier molecular flexibility index (Phi) is 2.37. The van der Waals surface area contributed by atoms with Gasteiger partial charge >= 0.3 is 0 Å². The first-order valence-electron chi connectivity index (χ1n) is 5.37. The van der Waals surface area contributed by atoms with Crippen molar-refractivity contribution in [3.05, 3.63) is 47.9 Å². The zero-order valence-electron chi connectivity index (χ0n) is 9.30. The zero-order chi connectivity index (χ0) is 12.5. The number of amides is 1. The fraction of sp³-hybridized carbons (Fsp3) is 0.0769. The maximum absolute atomic E-state index is 12.1. The minimum atomic E-state index is -0.226. The monoisotopic (exact) mass is 243 g/mol. The molecule has 1 amide bonds. The van der Waals surface area contributed by atoms with Crippen LogP contribution in [0, 0.1) is 0 Å². The summed E-state index contributed by atoms with van der Waals surface area (Å²) in [4.78, 5) is 23.3. The van der Waals surface area contributed by atoms with Crippen LogP contribution < -0.4 is 10.1 Å². The molecule has 3 rings (SSSR count). The van der Waals surface area contributed by atoms with E-state index in [2.05, 4.69) is 5.32 Å². The maximum atomic E-state index is 12.1. The molecule has 1 aliphatic heterocycles. The van der Waals surface area contributed by atoms with E-state index in [1.165, 1.54) is 12.5 Å². The van der Waals surface area contributed by atoms with Crippen LogP contribution in [0.5, 0.6) is 5.75 Å². The van der Waals surface area contributed by atoms with Crippen molar-refractivity contribution in [2.24, 2.45) is 0 Å². The minimum Gasteiger partial charge on any atom is -0.482 e. The van der Waals surface area contributed by atoms with E-state index in [0.29, 0.717) is 22.6 Å². The lowest BCUT2D eigenvalue weighted by atomic mass is 10.0. The number of benzene rings is 1. The van der Waals surface area contributed by atoms with Gasteiger partial charge in [0.25, 0.3) is 5.91 Å². The van der Waals surface area contributed by atoms with Crippen molar-refractivity contribution in [1.29, 1.82) is 0 Å². The highest BCUT2D eigenvalue weighted by molar-refractivity contribution is 6.10. The van der Waals surface area contributed by atoms with Gasteiger partial charge in [0.05, 0.1) is 17.5 Å². The summed E-state index contributed by atoms with van der Waals surface area (Å²) in [7, 11) is 0. The molecular formula is C13H9NO4. The molecule has 5 nitrogen and oxygen atoms in total. The van der Waals surface area contributed by atoms with Gasteiger partial charge < -0.3 is 14.5 Å². The molecule has 2 aromatic rings. The molecular weight excluding hydrogens is 234 g/mol. The van der Waals surface area contributed by atoms with Crippen LogP contribution in [-0.4, -0.2) is 18.3 Å². The lowest BCUT2D eigenvalue weighted by Crippen LogP contribution is -2.25. The highest BCUT2D eigenvalue weighted by Gasteiger charge is 2.18. The highest BCUT2D eigenvalue weighted by Crippen LogP contribution is 2.29. The molecule has 18 heavy (non-hydrogen) atoms. The molecule has 0 unspecified atom stereocenters. The Hall–Kier alpha value is -2.56. The Morgan fingerprint density at radius 3 is 2.89 bits per heavy atom. The first kappa shape index (κ1) is 10.6. The number of ketones is 1. The van der Waals surface area contributed by atoms with Crippen molar-refractivity contribution >= 4 is 17.4 Å². The summed E-state index contributed by atoms with van der Waals surface area (Å²) < 4.78 is 10.1. The summed E-state index contributed by atoms with van der Waals surface area (Å²) in [5, 5.41) is 2.66. The van der Waals surface area contributed by atoms with Gasteiger partial charge in [0.2, 0.25) is 0 Å². The zero-order valence-corrected chi connectivity index (χ0v) is 9.30. The Labute approximate surface area is 102 Å². The highest BCUT2D eigenvalue weighted by atomic mass is 16.5. The Balaban J connectivity index is 1.97. The summed E-state index contributed by atoms with van der Waals surface area (Å²) in [6.45, 7) is 0.00201. The number of hydrogen-bond donors (Lipinski definition) is 1. The molecule has 5 heteroatoms. The minimum absolute atomic E-state index is 0.00201. The van der Waals surface area contributed by atoms with Gasteiger partial charge in [0, 0.05) is 5.56 Å². The van der Waals surface area contributed by atoms with Crippen LogP contribution in [0.2, 0.25) is 0 Å². The smallest absolute Gasteiger partial charge is 0.262 e. The SMILES string of the molecule is O=C1COc2ccc(C(=O)c3ccoc3)cc2N1. The largest absolute Gasteiger partial charge is 0.482 e. The van der Waals surface area contributed by atoms with E-state index >= 15 is 0 Å². The van der Waals surface area contributed by atoms with E-state index in [0.717, 1.165) is 0 Å². The second-order valence-electron chi connectivity index (χ2n) is 3.89. The number of carbonyl (C=O) groups excluding carboxylic acids is 2. The molecule has 0 radical (unpaired) electrons. The summed E-state index contributed by atoms with van der Waals surface area (Å²) in [5.41, 5.74) is 1.46. The Bertz CT molecular complexity index is 616. The molecule has 1 aromatic heterocycles. The number of rotatable bonds is 2. The lowest BCUT2D eigenvalue weighted by Gasteiger charge is -2.18. The molecule has 0 spiro atoms. The molecule has 0 atom stereocenters. The van der Waals surface area contributed by atoms with Crippen molar-refractivity contribution in [1.82, 2.24) is 0 Å².